The molecule has 0 aromatic carbocycles. The van der Waals surface area contributed by atoms with Crippen molar-refractivity contribution in [1.82, 2.24) is 0 Å². The van der Waals surface area contributed by atoms with Crippen molar-refractivity contribution in [1.29, 1.82) is 0 Å². The third kappa shape index (κ3) is 3.66. The van der Waals surface area contributed by atoms with Gasteiger partial charge in [-0.25, -0.2) is 0 Å². The van der Waals surface area contributed by atoms with Crippen LogP contribution in [0, 0.1) is 5.92 Å². The van der Waals surface area contributed by atoms with Crippen molar-refractivity contribution in [2.75, 3.05) is 0 Å². The highest BCUT2D eigenvalue weighted by Crippen LogP contribution is 2.14. The lowest BCUT2D eigenvalue weighted by Crippen LogP contribution is -2.08. The molecule has 8 heavy (non-hydrogen) atoms. The minimum Gasteiger partial charge on any atom is -0.382 e. The topological polar surface area (TPSA) is 20.2 Å². The quantitative estimate of drug-likeness (QED) is 0.579. The van der Waals surface area contributed by atoms with E-state index in [2.05, 4.69) is 13.8 Å². The molecule has 0 fully saturated rings. The largest absolute Gasteiger partial charge is 0.382 e. The molecule has 0 amide bonds. The van der Waals surface area contributed by atoms with Crippen molar-refractivity contribution in [3.05, 3.63) is 0 Å². The summed E-state index contributed by atoms with van der Waals surface area (Å²) >= 11 is 2.05. The predicted octanol–water partition coefficient (Wildman–Crippen LogP) is 2.18. The second-order valence-electron chi connectivity index (χ2n) is 2.14. The minimum atomic E-state index is -0.160. The van der Waals surface area contributed by atoms with E-state index in [0.717, 1.165) is 6.42 Å². The molecule has 2 unspecified atom stereocenters. The third-order valence-electron chi connectivity index (χ3n) is 1.21. The monoisotopic (exact) mass is 228 g/mol. The molecule has 0 saturated heterocycles. The number of aliphatic hydroxyl groups excluding tert-OH is 1. The Morgan fingerprint density at radius 1 is 1.62 bits per heavy atom. The summed E-state index contributed by atoms with van der Waals surface area (Å²) in [7, 11) is 0. The van der Waals surface area contributed by atoms with Gasteiger partial charge in [0.25, 0.3) is 0 Å². The Morgan fingerprint density at radius 3 is 2.25 bits per heavy atom. The Balaban J connectivity index is 3.17. The summed E-state index contributed by atoms with van der Waals surface area (Å²) in [5.41, 5.74) is 0. The maximum atomic E-state index is 8.94. The number of rotatable bonds is 3. The van der Waals surface area contributed by atoms with Gasteiger partial charge in [0.1, 0.15) is 4.11 Å². The smallest absolute Gasteiger partial charge is 0.107 e. The van der Waals surface area contributed by atoms with E-state index in [4.69, 9.17) is 5.11 Å². The maximum Gasteiger partial charge on any atom is 0.107 e. The molecular weight excluding hydrogens is 215 g/mol. The molecule has 0 bridgehead atoms. The van der Waals surface area contributed by atoms with Crippen molar-refractivity contribution in [3.63, 3.8) is 0 Å². The molecule has 0 aromatic rings. The molecule has 0 heterocycles. The van der Waals surface area contributed by atoms with Crippen molar-refractivity contribution < 1.29 is 5.11 Å². The van der Waals surface area contributed by atoms with Gasteiger partial charge in [-0.2, -0.15) is 0 Å². The van der Waals surface area contributed by atoms with Crippen LogP contribution in [0.3, 0.4) is 0 Å². The van der Waals surface area contributed by atoms with E-state index in [-0.39, 0.29) is 4.11 Å². The Bertz CT molecular complexity index is 54.5. The van der Waals surface area contributed by atoms with Crippen molar-refractivity contribution >= 4 is 22.6 Å². The van der Waals surface area contributed by atoms with Crippen LogP contribution in [0.2, 0.25) is 0 Å². The highest BCUT2D eigenvalue weighted by Gasteiger charge is 2.07. The highest BCUT2D eigenvalue weighted by molar-refractivity contribution is 14.1. The van der Waals surface area contributed by atoms with Crippen LogP contribution < -0.4 is 0 Å². The van der Waals surface area contributed by atoms with Gasteiger partial charge in [0.2, 0.25) is 0 Å². The maximum absolute atomic E-state index is 8.94. The average Bonchev–Trinajstić information content (AvgIpc) is 1.67. The lowest BCUT2D eigenvalue weighted by Gasteiger charge is -2.10. The normalized spacial score (nSPS) is 18.0. The van der Waals surface area contributed by atoms with E-state index in [9.17, 15) is 0 Å². The lowest BCUT2D eigenvalue weighted by molar-refractivity contribution is 0.210. The standard InChI is InChI=1S/C6H13IO/c1-3-4-5(2)6(7)8/h5-6,8H,3-4H2,1-2H3. The summed E-state index contributed by atoms with van der Waals surface area (Å²) in [6.45, 7) is 4.20. The third-order valence-corrected chi connectivity index (χ3v) is 2.44. The van der Waals surface area contributed by atoms with Gasteiger partial charge in [-0.05, 0) is 12.3 Å². The summed E-state index contributed by atoms with van der Waals surface area (Å²) < 4.78 is -0.160. The van der Waals surface area contributed by atoms with Crippen molar-refractivity contribution in [3.8, 4) is 0 Å². The first-order valence-corrected chi connectivity index (χ1v) is 4.25. The van der Waals surface area contributed by atoms with Gasteiger partial charge in [-0.15, -0.1) is 0 Å². The van der Waals surface area contributed by atoms with Crippen LogP contribution in [0.5, 0.6) is 0 Å². The SMILES string of the molecule is CCCC(C)C(O)I. The van der Waals surface area contributed by atoms with Gasteiger partial charge in [-0.1, -0.05) is 42.9 Å². The molecule has 0 spiro atoms. The van der Waals surface area contributed by atoms with Gasteiger partial charge >= 0.3 is 0 Å². The molecule has 0 saturated carbocycles. The lowest BCUT2D eigenvalue weighted by atomic mass is 10.1. The summed E-state index contributed by atoms with van der Waals surface area (Å²) in [6, 6.07) is 0. The Kier molecular flexibility index (Phi) is 4.95. The van der Waals surface area contributed by atoms with Crippen LogP contribution in [-0.4, -0.2) is 9.22 Å². The highest BCUT2D eigenvalue weighted by atomic mass is 127. The Morgan fingerprint density at radius 2 is 2.12 bits per heavy atom. The number of alkyl halides is 1. The van der Waals surface area contributed by atoms with Gasteiger partial charge in [0, 0.05) is 0 Å². The molecule has 0 rings (SSSR count). The fraction of sp³-hybridized carbons (Fsp3) is 1.00. The van der Waals surface area contributed by atoms with Crippen LogP contribution in [0.15, 0.2) is 0 Å². The van der Waals surface area contributed by atoms with Crippen LogP contribution in [-0.2, 0) is 0 Å². The molecule has 1 N–H and O–H groups in total. The average molecular weight is 228 g/mol. The Hall–Kier alpha value is 0.690. The van der Waals surface area contributed by atoms with Crippen LogP contribution in [0.1, 0.15) is 26.7 Å². The van der Waals surface area contributed by atoms with Crippen molar-refractivity contribution in [2.24, 2.45) is 5.92 Å². The molecule has 2 heteroatoms. The Labute approximate surface area is 64.6 Å². The van der Waals surface area contributed by atoms with Gasteiger partial charge < -0.3 is 5.11 Å². The summed E-state index contributed by atoms with van der Waals surface area (Å²) in [5, 5.41) is 8.94. The first-order chi connectivity index (χ1) is 3.68. The van der Waals surface area contributed by atoms with Crippen LogP contribution in [0.25, 0.3) is 0 Å². The van der Waals surface area contributed by atoms with E-state index in [1.165, 1.54) is 6.42 Å². The van der Waals surface area contributed by atoms with Crippen LogP contribution >= 0.6 is 22.6 Å². The molecule has 0 aliphatic carbocycles. The molecule has 0 radical (unpaired) electrons. The van der Waals surface area contributed by atoms with E-state index in [0.29, 0.717) is 5.92 Å². The first kappa shape index (κ1) is 8.69. The zero-order chi connectivity index (χ0) is 6.57. The molecule has 0 aliphatic heterocycles. The van der Waals surface area contributed by atoms with E-state index in [1.54, 1.807) is 0 Å². The number of halogens is 1. The second-order valence-corrected chi connectivity index (χ2v) is 3.41. The first-order valence-electron chi connectivity index (χ1n) is 3.00. The molecule has 2 atom stereocenters. The number of aliphatic hydroxyl groups is 1. The fourth-order valence-corrected chi connectivity index (χ4v) is 0.952. The number of hydrogen-bond acceptors (Lipinski definition) is 1. The minimum absolute atomic E-state index is 0.160. The molecule has 50 valence electrons. The summed E-state index contributed by atoms with van der Waals surface area (Å²) in [6.07, 6.45) is 2.30. The van der Waals surface area contributed by atoms with E-state index < -0.39 is 0 Å². The molecule has 0 aliphatic rings. The summed E-state index contributed by atoms with van der Waals surface area (Å²) in [5.74, 6) is 0.459. The molecular formula is C6H13IO. The van der Waals surface area contributed by atoms with E-state index in [1.807, 2.05) is 22.6 Å². The zero-order valence-corrected chi connectivity index (χ0v) is 7.55. The zero-order valence-electron chi connectivity index (χ0n) is 5.39. The van der Waals surface area contributed by atoms with Gasteiger partial charge in [0.15, 0.2) is 0 Å². The summed E-state index contributed by atoms with van der Waals surface area (Å²) in [4.78, 5) is 0. The second kappa shape index (κ2) is 4.56. The number of hydrogen-bond donors (Lipinski definition) is 1. The van der Waals surface area contributed by atoms with Crippen molar-refractivity contribution in [2.45, 2.75) is 30.8 Å². The fourth-order valence-electron chi connectivity index (χ4n) is 0.593. The van der Waals surface area contributed by atoms with E-state index >= 15 is 0 Å². The molecule has 0 aromatic heterocycles. The molecule has 1 nitrogen and oxygen atoms in total. The predicted molar refractivity (Wildman–Crippen MR) is 44.1 cm³/mol. The van der Waals surface area contributed by atoms with Gasteiger partial charge in [0.05, 0.1) is 0 Å². The van der Waals surface area contributed by atoms with Gasteiger partial charge in [-0.3, -0.25) is 0 Å². The van der Waals surface area contributed by atoms with Crippen LogP contribution in [0.4, 0.5) is 0 Å².